The summed E-state index contributed by atoms with van der Waals surface area (Å²) in [4.78, 5) is 19.7. The Hall–Kier alpha value is -2.24. The summed E-state index contributed by atoms with van der Waals surface area (Å²) in [7, 11) is 1.34. The molecule has 1 unspecified atom stereocenters. The van der Waals surface area contributed by atoms with E-state index >= 15 is 0 Å². The average Bonchev–Trinajstić information content (AvgIpc) is 3.13. The quantitative estimate of drug-likeness (QED) is 0.836. The number of carbonyl (C=O) groups is 1. The van der Waals surface area contributed by atoms with Crippen LogP contribution in [0.25, 0.3) is 0 Å². The van der Waals surface area contributed by atoms with Crippen LogP contribution in [0.4, 0.5) is 0 Å². The van der Waals surface area contributed by atoms with Crippen LogP contribution < -0.4 is 5.73 Å². The van der Waals surface area contributed by atoms with E-state index in [4.69, 9.17) is 10.5 Å². The van der Waals surface area contributed by atoms with Crippen molar-refractivity contribution in [1.29, 1.82) is 5.26 Å². The number of nitrogens with zero attached hydrogens (tertiary/aromatic N) is 3. The fourth-order valence-corrected chi connectivity index (χ4v) is 4.17. The monoisotopic (exact) mass is 332 g/mol. The number of thioether (sulfide) groups is 1. The molecule has 3 heterocycles. The molecule has 112 valence electrons. The fourth-order valence-electron chi connectivity index (χ4n) is 2.43. The number of aliphatic imine (C=N–C) groups is 1. The van der Waals surface area contributed by atoms with Crippen LogP contribution in [0.1, 0.15) is 17.8 Å². The van der Waals surface area contributed by atoms with Crippen molar-refractivity contribution in [3.8, 4) is 6.07 Å². The molecule has 0 saturated heterocycles. The normalized spacial score (nSPS) is 20.7. The number of fused-ring (bicyclic) bond motifs is 1. The molecule has 0 aliphatic carbocycles. The van der Waals surface area contributed by atoms with Crippen molar-refractivity contribution in [3.05, 3.63) is 44.4 Å². The SMILES string of the molecule is COC(=O)C1=C(C)N=C2SC(C#N)=C(N)N2C1c1cccs1. The molecule has 0 spiro atoms. The number of carbonyl (C=O) groups excluding carboxylic acids is 1. The minimum Gasteiger partial charge on any atom is -0.466 e. The van der Waals surface area contributed by atoms with Crippen molar-refractivity contribution in [2.75, 3.05) is 7.11 Å². The molecular formula is C14H12N4O2S2. The molecule has 0 bridgehead atoms. The van der Waals surface area contributed by atoms with Gasteiger partial charge in [-0.1, -0.05) is 6.07 Å². The van der Waals surface area contributed by atoms with Crippen molar-refractivity contribution >= 4 is 34.2 Å². The predicted molar refractivity (Wildman–Crippen MR) is 85.5 cm³/mol. The highest BCUT2D eigenvalue weighted by atomic mass is 32.2. The predicted octanol–water partition coefficient (Wildman–Crippen LogP) is 2.31. The van der Waals surface area contributed by atoms with Crippen LogP contribution in [0.2, 0.25) is 0 Å². The molecule has 0 saturated carbocycles. The summed E-state index contributed by atoms with van der Waals surface area (Å²) in [5, 5.41) is 11.7. The van der Waals surface area contributed by atoms with Gasteiger partial charge in [-0.05, 0) is 30.1 Å². The van der Waals surface area contributed by atoms with Gasteiger partial charge < -0.3 is 10.5 Å². The first kappa shape index (κ1) is 14.7. The second kappa shape index (κ2) is 5.51. The Morgan fingerprint density at radius 3 is 2.95 bits per heavy atom. The van der Waals surface area contributed by atoms with E-state index in [0.717, 1.165) is 4.88 Å². The van der Waals surface area contributed by atoms with Gasteiger partial charge in [0.05, 0.1) is 18.4 Å². The number of methoxy groups -OCH3 is 1. The molecule has 0 radical (unpaired) electrons. The topological polar surface area (TPSA) is 91.7 Å². The highest BCUT2D eigenvalue weighted by Crippen LogP contribution is 2.46. The lowest BCUT2D eigenvalue weighted by atomic mass is 10.0. The standard InChI is InChI=1S/C14H12N4O2S2/c1-7-10(13(19)20-2)11(8-4-3-5-21-8)18-12(16)9(6-15)22-14(18)17-7/h3-5,11H,16H2,1-2H3. The first-order chi connectivity index (χ1) is 10.6. The van der Waals surface area contributed by atoms with Gasteiger partial charge in [0.1, 0.15) is 22.8 Å². The molecular weight excluding hydrogens is 320 g/mol. The number of nitrogens with two attached hydrogens (primary N) is 1. The summed E-state index contributed by atoms with van der Waals surface area (Å²) in [5.74, 6) is -0.125. The van der Waals surface area contributed by atoms with E-state index in [-0.39, 0.29) is 0 Å². The summed E-state index contributed by atoms with van der Waals surface area (Å²) in [6, 6.07) is 5.49. The third-order valence-corrected chi connectivity index (χ3v) is 5.30. The van der Waals surface area contributed by atoms with Crippen LogP contribution >= 0.6 is 23.1 Å². The Morgan fingerprint density at radius 1 is 1.59 bits per heavy atom. The zero-order chi connectivity index (χ0) is 15.9. The van der Waals surface area contributed by atoms with Crippen molar-refractivity contribution in [3.63, 3.8) is 0 Å². The Labute approximate surface area is 135 Å². The molecule has 1 aromatic heterocycles. The number of rotatable bonds is 2. The van der Waals surface area contributed by atoms with E-state index in [1.54, 1.807) is 11.8 Å². The third kappa shape index (κ3) is 2.10. The number of esters is 1. The second-order valence-electron chi connectivity index (χ2n) is 4.60. The van der Waals surface area contributed by atoms with Gasteiger partial charge in [0.25, 0.3) is 0 Å². The maximum atomic E-state index is 12.2. The maximum Gasteiger partial charge on any atom is 0.338 e. The van der Waals surface area contributed by atoms with Crippen LogP contribution in [0.5, 0.6) is 0 Å². The van der Waals surface area contributed by atoms with Gasteiger partial charge in [0.15, 0.2) is 5.17 Å². The Kier molecular flexibility index (Phi) is 3.68. The number of hydrogen-bond acceptors (Lipinski definition) is 8. The molecule has 0 aromatic carbocycles. The van der Waals surface area contributed by atoms with E-state index in [2.05, 4.69) is 11.1 Å². The minimum absolute atomic E-state index is 0.318. The van der Waals surface area contributed by atoms with Crippen LogP contribution in [-0.4, -0.2) is 23.1 Å². The van der Waals surface area contributed by atoms with Crippen molar-refractivity contribution in [2.45, 2.75) is 13.0 Å². The molecule has 2 aliphatic rings. The van der Waals surface area contributed by atoms with Crippen molar-refractivity contribution < 1.29 is 9.53 Å². The Morgan fingerprint density at radius 2 is 2.36 bits per heavy atom. The van der Waals surface area contributed by atoms with Gasteiger partial charge in [0, 0.05) is 4.88 Å². The minimum atomic E-state index is -0.443. The zero-order valence-electron chi connectivity index (χ0n) is 11.9. The number of thiophene rings is 1. The summed E-state index contributed by atoms with van der Waals surface area (Å²) in [6.45, 7) is 1.76. The molecule has 2 N–H and O–H groups in total. The lowest BCUT2D eigenvalue weighted by Gasteiger charge is -2.33. The highest BCUT2D eigenvalue weighted by molar-refractivity contribution is 8.17. The number of nitriles is 1. The summed E-state index contributed by atoms with van der Waals surface area (Å²) >= 11 is 2.73. The van der Waals surface area contributed by atoms with Crippen LogP contribution in [0.3, 0.4) is 0 Å². The van der Waals surface area contributed by atoms with E-state index in [0.29, 0.717) is 27.2 Å². The Balaban J connectivity index is 2.19. The zero-order valence-corrected chi connectivity index (χ0v) is 13.5. The first-order valence-corrected chi connectivity index (χ1v) is 8.06. The van der Waals surface area contributed by atoms with E-state index in [1.165, 1.54) is 30.2 Å². The third-order valence-electron chi connectivity index (χ3n) is 3.40. The molecule has 22 heavy (non-hydrogen) atoms. The molecule has 0 amide bonds. The maximum absolute atomic E-state index is 12.2. The van der Waals surface area contributed by atoms with Crippen LogP contribution in [0, 0.1) is 11.3 Å². The number of ether oxygens (including phenoxy) is 1. The molecule has 3 rings (SSSR count). The second-order valence-corrected chi connectivity index (χ2v) is 6.56. The average molecular weight is 332 g/mol. The fraction of sp³-hybridized carbons (Fsp3) is 0.214. The van der Waals surface area contributed by atoms with Gasteiger partial charge in [-0.25, -0.2) is 9.79 Å². The van der Waals surface area contributed by atoms with Gasteiger partial charge in [-0.2, -0.15) is 5.26 Å². The smallest absolute Gasteiger partial charge is 0.338 e. The Bertz CT molecular complexity index is 771. The van der Waals surface area contributed by atoms with Crippen molar-refractivity contribution in [1.82, 2.24) is 4.90 Å². The molecule has 0 fully saturated rings. The number of allylic oxidation sites excluding steroid dienone is 2. The van der Waals surface area contributed by atoms with Gasteiger partial charge >= 0.3 is 5.97 Å². The lowest BCUT2D eigenvalue weighted by molar-refractivity contribution is -0.136. The summed E-state index contributed by atoms with van der Waals surface area (Å²) in [6.07, 6.45) is 0. The van der Waals surface area contributed by atoms with Crippen LogP contribution in [-0.2, 0) is 9.53 Å². The molecule has 1 atom stereocenters. The largest absolute Gasteiger partial charge is 0.466 e. The van der Waals surface area contributed by atoms with E-state index in [1.807, 2.05) is 17.5 Å². The van der Waals surface area contributed by atoms with Gasteiger partial charge in [-0.15, -0.1) is 11.3 Å². The summed E-state index contributed by atoms with van der Waals surface area (Å²) in [5.41, 5.74) is 7.12. The summed E-state index contributed by atoms with van der Waals surface area (Å²) < 4.78 is 4.91. The number of hydrogen-bond donors (Lipinski definition) is 1. The molecule has 8 heteroatoms. The molecule has 1 aromatic rings. The van der Waals surface area contributed by atoms with Crippen LogP contribution in [0.15, 0.2) is 44.5 Å². The molecule has 2 aliphatic heterocycles. The van der Waals surface area contributed by atoms with E-state index in [9.17, 15) is 10.1 Å². The number of amidine groups is 1. The molecule has 6 nitrogen and oxygen atoms in total. The van der Waals surface area contributed by atoms with Gasteiger partial charge in [0.2, 0.25) is 0 Å². The first-order valence-electron chi connectivity index (χ1n) is 6.36. The highest BCUT2D eigenvalue weighted by Gasteiger charge is 2.42. The lowest BCUT2D eigenvalue weighted by Crippen LogP contribution is -2.38. The van der Waals surface area contributed by atoms with E-state index < -0.39 is 12.0 Å². The van der Waals surface area contributed by atoms with Gasteiger partial charge in [-0.3, -0.25) is 4.90 Å². The van der Waals surface area contributed by atoms with Crippen molar-refractivity contribution in [2.24, 2.45) is 10.7 Å².